The van der Waals surface area contributed by atoms with Crippen molar-refractivity contribution in [3.05, 3.63) is 12.7 Å². The molecule has 0 saturated carbocycles. The summed E-state index contributed by atoms with van der Waals surface area (Å²) in [4.78, 5) is 28.0. The molecular formula is C18H33N3O4. The van der Waals surface area contributed by atoms with Gasteiger partial charge < -0.3 is 20.1 Å². The lowest BCUT2D eigenvalue weighted by Gasteiger charge is -2.31. The van der Waals surface area contributed by atoms with Crippen LogP contribution in [-0.4, -0.2) is 78.9 Å². The molecule has 1 rings (SSSR count). The largest absolute Gasteiger partial charge is 0.465 e. The first-order chi connectivity index (χ1) is 12.0. The van der Waals surface area contributed by atoms with E-state index in [2.05, 4.69) is 16.8 Å². The van der Waals surface area contributed by atoms with Gasteiger partial charge >= 0.3 is 6.09 Å². The minimum absolute atomic E-state index is 0.0928. The van der Waals surface area contributed by atoms with Gasteiger partial charge in [-0.1, -0.05) is 19.9 Å². The van der Waals surface area contributed by atoms with E-state index in [1.54, 1.807) is 4.90 Å². The van der Waals surface area contributed by atoms with E-state index in [0.29, 0.717) is 13.1 Å². The highest BCUT2D eigenvalue weighted by Gasteiger charge is 2.28. The number of carboxylic acid groups (broad SMARTS) is 1. The van der Waals surface area contributed by atoms with E-state index in [1.807, 2.05) is 19.9 Å². The third-order valence-corrected chi connectivity index (χ3v) is 4.37. The fourth-order valence-electron chi connectivity index (χ4n) is 2.91. The number of unbranched alkanes of at least 4 members (excludes halogenated alkanes) is 1. The van der Waals surface area contributed by atoms with Crippen LogP contribution in [0.15, 0.2) is 12.7 Å². The molecule has 1 heterocycles. The van der Waals surface area contributed by atoms with Gasteiger partial charge in [-0.15, -0.1) is 6.58 Å². The van der Waals surface area contributed by atoms with Crippen molar-refractivity contribution in [2.24, 2.45) is 5.92 Å². The van der Waals surface area contributed by atoms with Gasteiger partial charge in [0.15, 0.2) is 0 Å². The Morgan fingerprint density at radius 2 is 1.92 bits per heavy atom. The van der Waals surface area contributed by atoms with E-state index in [-0.39, 0.29) is 11.8 Å². The molecule has 2 N–H and O–H groups in total. The van der Waals surface area contributed by atoms with Crippen molar-refractivity contribution < 1.29 is 19.4 Å². The zero-order valence-corrected chi connectivity index (χ0v) is 15.6. The number of carbonyl (C=O) groups excluding carboxylic acids is 1. The van der Waals surface area contributed by atoms with Gasteiger partial charge in [0, 0.05) is 32.7 Å². The Kier molecular flexibility index (Phi) is 10.2. The maximum absolute atomic E-state index is 12.8. The van der Waals surface area contributed by atoms with Gasteiger partial charge in [0.2, 0.25) is 5.91 Å². The van der Waals surface area contributed by atoms with Gasteiger partial charge in [-0.2, -0.15) is 0 Å². The van der Waals surface area contributed by atoms with Crippen LogP contribution in [0.5, 0.6) is 0 Å². The molecule has 0 radical (unpaired) electrons. The second-order valence-electron chi connectivity index (χ2n) is 6.73. The monoisotopic (exact) mass is 355 g/mol. The highest BCUT2D eigenvalue weighted by molar-refractivity contribution is 5.85. The van der Waals surface area contributed by atoms with E-state index in [1.165, 1.54) is 0 Å². The average molecular weight is 355 g/mol. The molecule has 144 valence electrons. The molecule has 0 aromatic heterocycles. The van der Waals surface area contributed by atoms with Crippen LogP contribution in [0.3, 0.4) is 0 Å². The van der Waals surface area contributed by atoms with Crippen molar-refractivity contribution in [3.8, 4) is 0 Å². The van der Waals surface area contributed by atoms with Crippen LogP contribution >= 0.6 is 0 Å². The van der Waals surface area contributed by atoms with E-state index in [0.717, 1.165) is 52.1 Å². The second kappa shape index (κ2) is 11.9. The van der Waals surface area contributed by atoms with Crippen LogP contribution in [0, 0.1) is 5.92 Å². The van der Waals surface area contributed by atoms with Crippen LogP contribution in [0.4, 0.5) is 4.79 Å². The summed E-state index contributed by atoms with van der Waals surface area (Å²) in [7, 11) is 0. The zero-order chi connectivity index (χ0) is 18.7. The number of nitrogens with zero attached hydrogens (tertiary/aromatic N) is 2. The Hall–Kier alpha value is -1.60. The molecule has 1 saturated heterocycles. The summed E-state index contributed by atoms with van der Waals surface area (Å²) in [5.74, 6) is -0.229. The molecule has 0 spiro atoms. The quantitative estimate of drug-likeness (QED) is 0.436. The highest BCUT2D eigenvalue weighted by atomic mass is 16.5. The smallest absolute Gasteiger partial charge is 0.405 e. The number of carbonyl (C=O) groups is 2. The Bertz CT molecular complexity index is 423. The second-order valence-corrected chi connectivity index (χ2v) is 6.73. The van der Waals surface area contributed by atoms with Crippen LogP contribution in [0.1, 0.15) is 33.1 Å². The summed E-state index contributed by atoms with van der Waals surface area (Å²) in [5, 5.41) is 11.4. The minimum Gasteiger partial charge on any atom is -0.465 e. The minimum atomic E-state index is -1.16. The zero-order valence-electron chi connectivity index (χ0n) is 15.6. The number of rotatable bonds is 11. The summed E-state index contributed by atoms with van der Waals surface area (Å²) < 4.78 is 5.35. The molecule has 25 heavy (non-hydrogen) atoms. The first-order valence-corrected chi connectivity index (χ1v) is 9.15. The third kappa shape index (κ3) is 8.36. The fourth-order valence-corrected chi connectivity index (χ4v) is 2.91. The average Bonchev–Trinajstić information content (AvgIpc) is 2.58. The Morgan fingerprint density at radius 3 is 2.48 bits per heavy atom. The number of morpholine rings is 1. The Balaban J connectivity index is 2.60. The summed E-state index contributed by atoms with van der Waals surface area (Å²) in [6.45, 7) is 13.0. The first kappa shape index (κ1) is 21.4. The van der Waals surface area contributed by atoms with E-state index < -0.39 is 12.1 Å². The van der Waals surface area contributed by atoms with Crippen molar-refractivity contribution in [3.63, 3.8) is 0 Å². The lowest BCUT2D eigenvalue weighted by molar-refractivity contribution is -0.134. The number of allylic oxidation sites excluding steroid dienone is 1. The molecule has 2 amide bonds. The van der Waals surface area contributed by atoms with Gasteiger partial charge in [-0.3, -0.25) is 9.69 Å². The number of ether oxygens (including phenoxy) is 1. The van der Waals surface area contributed by atoms with Gasteiger partial charge in [0.1, 0.15) is 6.04 Å². The topological polar surface area (TPSA) is 82.1 Å². The Labute approximate surface area is 151 Å². The predicted molar refractivity (Wildman–Crippen MR) is 97.7 cm³/mol. The first-order valence-electron chi connectivity index (χ1n) is 9.15. The summed E-state index contributed by atoms with van der Waals surface area (Å²) in [6.07, 6.45) is 3.23. The molecule has 1 fully saturated rings. The molecule has 1 atom stereocenters. The molecule has 0 bridgehead atoms. The molecule has 7 heteroatoms. The van der Waals surface area contributed by atoms with Crippen LogP contribution in [-0.2, 0) is 9.53 Å². The number of amides is 2. The molecule has 0 aromatic rings. The highest BCUT2D eigenvalue weighted by Crippen LogP contribution is 2.09. The summed E-state index contributed by atoms with van der Waals surface area (Å²) in [5.41, 5.74) is 0. The lowest BCUT2D eigenvalue weighted by Crippen LogP contribution is -2.51. The molecule has 1 aliphatic rings. The van der Waals surface area contributed by atoms with Gasteiger partial charge in [0.05, 0.1) is 13.2 Å². The molecule has 0 unspecified atom stereocenters. The number of hydrogen-bond donors (Lipinski definition) is 2. The molecule has 0 aliphatic carbocycles. The maximum Gasteiger partial charge on any atom is 0.405 e. The summed E-state index contributed by atoms with van der Waals surface area (Å²) in [6, 6.07) is -0.704. The van der Waals surface area contributed by atoms with Crippen LogP contribution in [0.25, 0.3) is 0 Å². The SMILES string of the molecule is C=CCCCN(CCCN1CCOCC1)C(=O)[C@@H](NC(=O)O)C(C)C. The van der Waals surface area contributed by atoms with Crippen molar-refractivity contribution >= 4 is 12.0 Å². The van der Waals surface area contributed by atoms with Crippen molar-refractivity contribution in [1.29, 1.82) is 0 Å². The van der Waals surface area contributed by atoms with Gasteiger partial charge in [0.25, 0.3) is 0 Å². The fraction of sp³-hybridized carbons (Fsp3) is 0.778. The number of hydrogen-bond acceptors (Lipinski definition) is 4. The van der Waals surface area contributed by atoms with Crippen LogP contribution in [0.2, 0.25) is 0 Å². The summed E-state index contributed by atoms with van der Waals surface area (Å²) >= 11 is 0. The van der Waals surface area contributed by atoms with E-state index >= 15 is 0 Å². The molecule has 1 aliphatic heterocycles. The molecular weight excluding hydrogens is 322 g/mol. The normalized spacial score (nSPS) is 16.4. The molecule has 7 nitrogen and oxygen atoms in total. The van der Waals surface area contributed by atoms with E-state index in [9.17, 15) is 9.59 Å². The lowest BCUT2D eigenvalue weighted by atomic mass is 10.0. The van der Waals surface area contributed by atoms with Crippen LogP contribution < -0.4 is 5.32 Å². The van der Waals surface area contributed by atoms with E-state index in [4.69, 9.17) is 9.84 Å². The van der Waals surface area contributed by atoms with Gasteiger partial charge in [-0.05, 0) is 25.2 Å². The Morgan fingerprint density at radius 1 is 1.28 bits per heavy atom. The predicted octanol–water partition coefficient (Wildman–Crippen LogP) is 1.80. The van der Waals surface area contributed by atoms with Crippen molar-refractivity contribution in [1.82, 2.24) is 15.1 Å². The number of nitrogens with one attached hydrogen (secondary N) is 1. The maximum atomic E-state index is 12.8. The van der Waals surface area contributed by atoms with Crippen molar-refractivity contribution in [2.45, 2.75) is 39.2 Å². The van der Waals surface area contributed by atoms with Gasteiger partial charge in [-0.25, -0.2) is 4.79 Å². The standard InChI is InChI=1S/C18H33N3O4/c1-4-5-6-9-21(10-7-8-20-11-13-25-14-12-20)17(22)16(15(2)3)19-18(23)24/h4,15-16,19H,1,5-14H2,2-3H3,(H,23,24)/t16-/m0/s1. The van der Waals surface area contributed by atoms with Crippen molar-refractivity contribution in [2.75, 3.05) is 45.9 Å². The molecule has 0 aromatic carbocycles. The third-order valence-electron chi connectivity index (χ3n) is 4.37.